The summed E-state index contributed by atoms with van der Waals surface area (Å²) in [6.07, 6.45) is 2.76. The summed E-state index contributed by atoms with van der Waals surface area (Å²) in [5.41, 5.74) is -0.475. The van der Waals surface area contributed by atoms with Gasteiger partial charge in [0.05, 0.1) is 24.6 Å². The van der Waals surface area contributed by atoms with Gasteiger partial charge in [-0.3, -0.25) is 9.59 Å². The van der Waals surface area contributed by atoms with Gasteiger partial charge in [-0.05, 0) is 35.9 Å². The molecule has 31 heavy (non-hydrogen) atoms. The fraction of sp³-hybridized carbons (Fsp3) is 0.0952. The van der Waals surface area contributed by atoms with E-state index in [1.165, 1.54) is 40.2 Å². The highest BCUT2D eigenvalue weighted by Crippen LogP contribution is 2.27. The molecular formula is C21H14ClF3N4O2. The molecule has 0 atom stereocenters. The van der Waals surface area contributed by atoms with Gasteiger partial charge >= 0.3 is 0 Å². The van der Waals surface area contributed by atoms with Crippen molar-refractivity contribution in [1.29, 1.82) is 0 Å². The van der Waals surface area contributed by atoms with Gasteiger partial charge in [0.15, 0.2) is 11.6 Å². The van der Waals surface area contributed by atoms with Crippen LogP contribution in [-0.2, 0) is 13.6 Å². The molecule has 2 heterocycles. The van der Waals surface area contributed by atoms with Crippen LogP contribution in [0.5, 0.6) is 0 Å². The van der Waals surface area contributed by atoms with Gasteiger partial charge in [-0.1, -0.05) is 11.6 Å². The van der Waals surface area contributed by atoms with E-state index in [1.807, 2.05) is 0 Å². The van der Waals surface area contributed by atoms with Crippen LogP contribution in [0.3, 0.4) is 0 Å². The topological polar surface area (TPSA) is 71.0 Å². The number of pyridine rings is 1. The Kier molecular flexibility index (Phi) is 5.28. The predicted octanol–water partition coefficient (Wildman–Crippen LogP) is 4.18. The number of rotatable bonds is 4. The average molecular weight is 447 g/mol. The van der Waals surface area contributed by atoms with Crippen molar-refractivity contribution in [3.05, 3.63) is 93.0 Å². The van der Waals surface area contributed by atoms with Crippen molar-refractivity contribution in [3.63, 3.8) is 0 Å². The van der Waals surface area contributed by atoms with Crippen molar-refractivity contribution in [3.8, 4) is 0 Å². The van der Waals surface area contributed by atoms with Crippen LogP contribution >= 0.6 is 11.6 Å². The SMILES string of the molecule is Cn1cncc1C(=O)N(Cc1cc(=O)[nH]c2c(F)c(F)ccc12)c1cc(F)cc(Cl)c1. The molecule has 0 aliphatic heterocycles. The van der Waals surface area contributed by atoms with Crippen LogP contribution in [0.15, 0.2) is 53.7 Å². The third kappa shape index (κ3) is 3.91. The first-order chi connectivity index (χ1) is 14.7. The largest absolute Gasteiger partial charge is 0.330 e. The molecule has 4 aromatic rings. The van der Waals surface area contributed by atoms with Crippen LogP contribution < -0.4 is 10.5 Å². The Morgan fingerprint density at radius 2 is 1.97 bits per heavy atom. The molecule has 0 saturated heterocycles. The Bertz CT molecular complexity index is 1360. The zero-order chi connectivity index (χ0) is 22.3. The van der Waals surface area contributed by atoms with E-state index in [2.05, 4.69) is 9.97 Å². The van der Waals surface area contributed by atoms with Crippen molar-refractivity contribution in [2.45, 2.75) is 6.54 Å². The number of H-pyrrole nitrogens is 1. The van der Waals surface area contributed by atoms with Crippen LogP contribution in [-0.4, -0.2) is 20.4 Å². The molecule has 6 nitrogen and oxygen atoms in total. The predicted molar refractivity (Wildman–Crippen MR) is 110 cm³/mol. The molecular weight excluding hydrogens is 433 g/mol. The summed E-state index contributed by atoms with van der Waals surface area (Å²) in [6.45, 7) is -0.241. The number of anilines is 1. The summed E-state index contributed by atoms with van der Waals surface area (Å²) in [4.78, 5) is 32.7. The second-order valence-corrected chi connectivity index (χ2v) is 7.29. The quantitative estimate of drug-likeness (QED) is 0.511. The highest BCUT2D eigenvalue weighted by atomic mass is 35.5. The maximum absolute atomic E-state index is 14.3. The van der Waals surface area contributed by atoms with Crippen molar-refractivity contribution in [2.75, 3.05) is 4.90 Å². The van der Waals surface area contributed by atoms with Crippen molar-refractivity contribution < 1.29 is 18.0 Å². The van der Waals surface area contributed by atoms with Gasteiger partial charge in [0.1, 0.15) is 11.5 Å². The maximum atomic E-state index is 14.3. The number of aromatic amines is 1. The number of benzene rings is 2. The summed E-state index contributed by atoms with van der Waals surface area (Å²) in [7, 11) is 1.61. The molecule has 0 aliphatic rings. The van der Waals surface area contributed by atoms with Gasteiger partial charge in [-0.15, -0.1) is 0 Å². The normalized spacial score (nSPS) is 11.1. The molecule has 0 unspecified atom stereocenters. The minimum Gasteiger partial charge on any atom is -0.330 e. The van der Waals surface area contributed by atoms with Gasteiger partial charge in [0.2, 0.25) is 5.56 Å². The third-order valence-corrected chi connectivity index (χ3v) is 4.98. The monoisotopic (exact) mass is 446 g/mol. The fourth-order valence-corrected chi connectivity index (χ4v) is 3.53. The molecule has 1 amide bonds. The molecule has 0 spiro atoms. The molecule has 0 aliphatic carbocycles. The number of carbonyl (C=O) groups excluding carboxylic acids is 1. The Balaban J connectivity index is 1.89. The molecule has 158 valence electrons. The van der Waals surface area contributed by atoms with Crippen LogP contribution in [0, 0.1) is 17.5 Å². The number of hydrogen-bond acceptors (Lipinski definition) is 3. The summed E-state index contributed by atoms with van der Waals surface area (Å²) in [5, 5.41) is 0.255. The van der Waals surface area contributed by atoms with E-state index in [0.29, 0.717) is 0 Å². The second kappa shape index (κ2) is 7.92. The highest BCUT2D eigenvalue weighted by Gasteiger charge is 2.23. The number of imidazole rings is 1. The summed E-state index contributed by atoms with van der Waals surface area (Å²) in [5.74, 6) is -3.57. The Hall–Kier alpha value is -3.59. The summed E-state index contributed by atoms with van der Waals surface area (Å²) < 4.78 is 43.4. The van der Waals surface area contributed by atoms with E-state index in [1.54, 1.807) is 7.05 Å². The van der Waals surface area contributed by atoms with E-state index in [-0.39, 0.29) is 39.4 Å². The number of carbonyl (C=O) groups is 1. The molecule has 1 N–H and O–H groups in total. The maximum Gasteiger partial charge on any atom is 0.276 e. The Morgan fingerprint density at radius 3 is 2.65 bits per heavy atom. The summed E-state index contributed by atoms with van der Waals surface area (Å²) in [6, 6.07) is 6.96. The molecule has 4 rings (SSSR count). The number of fused-ring (bicyclic) bond motifs is 1. The average Bonchev–Trinajstić information content (AvgIpc) is 3.13. The lowest BCUT2D eigenvalue weighted by atomic mass is 10.1. The zero-order valence-corrected chi connectivity index (χ0v) is 16.8. The van der Waals surface area contributed by atoms with Gasteiger partial charge in [-0.2, -0.15) is 0 Å². The van der Waals surface area contributed by atoms with Gasteiger partial charge in [0.25, 0.3) is 5.91 Å². The molecule has 0 saturated carbocycles. The smallest absolute Gasteiger partial charge is 0.276 e. The van der Waals surface area contributed by atoms with Crippen molar-refractivity contribution in [1.82, 2.24) is 14.5 Å². The lowest BCUT2D eigenvalue weighted by Crippen LogP contribution is -2.32. The highest BCUT2D eigenvalue weighted by molar-refractivity contribution is 6.31. The molecule has 0 radical (unpaired) electrons. The molecule has 10 heteroatoms. The van der Waals surface area contributed by atoms with Gasteiger partial charge in [-0.25, -0.2) is 18.2 Å². The number of hydrogen-bond donors (Lipinski definition) is 1. The molecule has 2 aromatic carbocycles. The number of nitrogens with zero attached hydrogens (tertiary/aromatic N) is 3. The first kappa shape index (κ1) is 20.7. The van der Waals surface area contributed by atoms with Gasteiger partial charge in [0, 0.05) is 29.2 Å². The summed E-state index contributed by atoms with van der Waals surface area (Å²) >= 11 is 5.97. The van der Waals surface area contributed by atoms with Crippen molar-refractivity contribution in [2.24, 2.45) is 7.05 Å². The lowest BCUT2D eigenvalue weighted by molar-refractivity contribution is 0.0977. The Labute approximate surface area is 178 Å². The number of aryl methyl sites for hydroxylation is 1. The second-order valence-electron chi connectivity index (χ2n) is 6.85. The van der Waals surface area contributed by atoms with Crippen molar-refractivity contribution >= 4 is 34.1 Å². The van der Waals surface area contributed by atoms with Gasteiger partial charge < -0.3 is 14.5 Å². The molecule has 0 fully saturated rings. The number of aromatic nitrogens is 3. The minimum absolute atomic E-state index is 0.0571. The first-order valence-electron chi connectivity index (χ1n) is 8.99. The molecule has 0 bridgehead atoms. The van der Waals surface area contributed by atoms with Crippen LogP contribution in [0.1, 0.15) is 16.1 Å². The van der Waals surface area contributed by atoms with E-state index in [0.717, 1.165) is 18.2 Å². The Morgan fingerprint density at radius 1 is 1.19 bits per heavy atom. The number of halogens is 4. The minimum atomic E-state index is -1.21. The van der Waals surface area contributed by atoms with Crippen LogP contribution in [0.25, 0.3) is 10.9 Å². The molecule has 2 aromatic heterocycles. The van der Waals surface area contributed by atoms with E-state index in [9.17, 15) is 22.8 Å². The number of nitrogens with one attached hydrogen (secondary N) is 1. The van der Waals surface area contributed by atoms with Crippen LogP contribution in [0.4, 0.5) is 18.9 Å². The lowest BCUT2D eigenvalue weighted by Gasteiger charge is -2.24. The standard InChI is InChI=1S/C21H14ClF3N4O2/c1-28-10-26-8-17(28)21(31)29(14-6-12(22)5-13(23)7-14)9-11-4-18(30)27-20-15(11)2-3-16(24)19(20)25/h2-8,10H,9H2,1H3,(H,27,30). The fourth-order valence-electron chi connectivity index (χ4n) is 3.31. The zero-order valence-electron chi connectivity index (χ0n) is 16.0. The van der Waals surface area contributed by atoms with E-state index >= 15 is 0 Å². The van der Waals surface area contributed by atoms with E-state index in [4.69, 9.17) is 11.6 Å². The van der Waals surface area contributed by atoms with Crippen LogP contribution in [0.2, 0.25) is 5.02 Å². The van der Waals surface area contributed by atoms with E-state index < -0.39 is 28.9 Å². The number of amides is 1. The first-order valence-corrected chi connectivity index (χ1v) is 9.36. The third-order valence-electron chi connectivity index (χ3n) is 4.76.